The third-order valence-electron chi connectivity index (χ3n) is 5.61. The third-order valence-corrected chi connectivity index (χ3v) is 9.87. The summed E-state index contributed by atoms with van der Waals surface area (Å²) in [6.07, 6.45) is 2.09. The fraction of sp³-hybridized carbons (Fsp3) is 0.115. The monoisotopic (exact) mass is 438 g/mol. The zero-order valence-electron chi connectivity index (χ0n) is 17.1. The van der Waals surface area contributed by atoms with E-state index in [-0.39, 0.29) is 0 Å². The van der Waals surface area contributed by atoms with Gasteiger partial charge in [-0.3, -0.25) is 0 Å². The van der Waals surface area contributed by atoms with Gasteiger partial charge < -0.3 is 0 Å². The molecule has 5 aromatic rings. The standard InChI is InChI=1S/C26H24GeN2/c1-27(2,3)20-14-15-24(28-18-20)19-13-16-26-23(17-19)22-11-7-8-12-25(22)29(26)21-9-5-4-6-10-21/h4-18H,1-3H3. The molecule has 2 aromatic heterocycles. The number of hydrogen-bond acceptors (Lipinski definition) is 1. The van der Waals surface area contributed by atoms with Gasteiger partial charge in [-0.25, -0.2) is 0 Å². The van der Waals surface area contributed by atoms with Crippen molar-refractivity contribution in [1.82, 2.24) is 9.55 Å². The molecule has 3 aromatic carbocycles. The zero-order chi connectivity index (χ0) is 20.0. The van der Waals surface area contributed by atoms with E-state index < -0.39 is 13.3 Å². The van der Waals surface area contributed by atoms with Crippen molar-refractivity contribution in [3.05, 3.63) is 91.1 Å². The van der Waals surface area contributed by atoms with Gasteiger partial charge in [-0.15, -0.1) is 0 Å². The van der Waals surface area contributed by atoms with Crippen LogP contribution in [0.4, 0.5) is 0 Å². The van der Waals surface area contributed by atoms with Crippen LogP contribution in [0.3, 0.4) is 0 Å². The van der Waals surface area contributed by atoms with Gasteiger partial charge in [0.15, 0.2) is 0 Å². The Hall–Kier alpha value is -2.85. The predicted octanol–water partition coefficient (Wildman–Crippen LogP) is 6.39. The molecule has 0 N–H and O–H groups in total. The number of fused-ring (bicyclic) bond motifs is 3. The molecule has 0 saturated carbocycles. The van der Waals surface area contributed by atoms with Crippen molar-refractivity contribution in [3.63, 3.8) is 0 Å². The Morgan fingerprint density at radius 2 is 1.41 bits per heavy atom. The maximum absolute atomic E-state index is 4.81. The van der Waals surface area contributed by atoms with Crippen LogP contribution < -0.4 is 4.40 Å². The molecular weight excluding hydrogens is 413 g/mol. The first-order valence-corrected chi connectivity index (χ1v) is 17.4. The summed E-state index contributed by atoms with van der Waals surface area (Å²) in [6, 6.07) is 30.4. The van der Waals surface area contributed by atoms with Crippen LogP contribution in [0.15, 0.2) is 91.1 Å². The topological polar surface area (TPSA) is 17.8 Å². The Labute approximate surface area is 174 Å². The quantitative estimate of drug-likeness (QED) is 0.299. The molecule has 5 rings (SSSR count). The summed E-state index contributed by atoms with van der Waals surface area (Å²) in [5, 5.41) is 2.54. The first kappa shape index (κ1) is 18.2. The van der Waals surface area contributed by atoms with Crippen molar-refractivity contribution in [1.29, 1.82) is 0 Å². The van der Waals surface area contributed by atoms with Crippen LogP contribution in [-0.4, -0.2) is 22.8 Å². The van der Waals surface area contributed by atoms with Crippen molar-refractivity contribution < 1.29 is 0 Å². The van der Waals surface area contributed by atoms with Crippen molar-refractivity contribution in [2.24, 2.45) is 0 Å². The van der Waals surface area contributed by atoms with Crippen molar-refractivity contribution >= 4 is 39.5 Å². The summed E-state index contributed by atoms with van der Waals surface area (Å²) in [6.45, 7) is 0. The average Bonchev–Trinajstić information content (AvgIpc) is 3.07. The second kappa shape index (κ2) is 6.89. The van der Waals surface area contributed by atoms with Crippen LogP contribution in [0, 0.1) is 0 Å². The Kier molecular flexibility index (Phi) is 4.32. The van der Waals surface area contributed by atoms with Crippen molar-refractivity contribution in [3.8, 4) is 16.9 Å². The summed E-state index contributed by atoms with van der Waals surface area (Å²) in [5.74, 6) is 7.21. The molecule has 2 nitrogen and oxygen atoms in total. The molecule has 3 heteroatoms. The SMILES string of the molecule is [CH3][Ge]([CH3])([CH3])[c]1ccc(-c2ccc3c(c2)c2ccccc2n3-c2ccccc2)nc1. The summed E-state index contributed by atoms with van der Waals surface area (Å²) in [7, 11) is 0. The Bertz CT molecular complexity index is 1310. The maximum atomic E-state index is 4.81. The number of aromatic nitrogens is 2. The van der Waals surface area contributed by atoms with E-state index in [1.165, 1.54) is 37.5 Å². The van der Waals surface area contributed by atoms with E-state index in [9.17, 15) is 0 Å². The minimum atomic E-state index is -1.84. The van der Waals surface area contributed by atoms with Crippen LogP contribution in [0.2, 0.25) is 17.3 Å². The van der Waals surface area contributed by atoms with E-state index in [1.54, 1.807) is 0 Å². The van der Waals surface area contributed by atoms with E-state index in [0.717, 1.165) is 5.69 Å². The molecule has 0 aliphatic heterocycles. The van der Waals surface area contributed by atoms with Gasteiger partial charge in [-0.05, 0) is 0 Å². The predicted molar refractivity (Wildman–Crippen MR) is 127 cm³/mol. The normalized spacial score (nSPS) is 12.0. The molecule has 142 valence electrons. The molecule has 0 aliphatic rings. The Balaban J connectivity index is 1.71. The van der Waals surface area contributed by atoms with Crippen LogP contribution in [-0.2, 0) is 0 Å². The summed E-state index contributed by atoms with van der Waals surface area (Å²) in [5.41, 5.74) is 5.85. The molecule has 0 fully saturated rings. The van der Waals surface area contributed by atoms with Crippen molar-refractivity contribution in [2.45, 2.75) is 17.3 Å². The van der Waals surface area contributed by atoms with Crippen LogP contribution in [0.1, 0.15) is 0 Å². The molecule has 29 heavy (non-hydrogen) atoms. The number of para-hydroxylation sites is 2. The molecule has 0 spiro atoms. The molecule has 0 amide bonds. The third kappa shape index (κ3) is 3.18. The van der Waals surface area contributed by atoms with Gasteiger partial charge in [-0.2, -0.15) is 0 Å². The fourth-order valence-electron chi connectivity index (χ4n) is 4.00. The summed E-state index contributed by atoms with van der Waals surface area (Å²) < 4.78 is 3.79. The number of hydrogen-bond donors (Lipinski definition) is 0. The molecule has 2 heterocycles. The molecule has 0 bridgehead atoms. The molecule has 0 radical (unpaired) electrons. The van der Waals surface area contributed by atoms with Gasteiger partial charge in [0.05, 0.1) is 0 Å². The van der Waals surface area contributed by atoms with Gasteiger partial charge in [0, 0.05) is 0 Å². The number of nitrogens with zero attached hydrogens (tertiary/aromatic N) is 2. The van der Waals surface area contributed by atoms with Gasteiger partial charge in [0.1, 0.15) is 0 Å². The fourth-order valence-corrected chi connectivity index (χ4v) is 6.17. The van der Waals surface area contributed by atoms with E-state index >= 15 is 0 Å². The summed E-state index contributed by atoms with van der Waals surface area (Å²) >= 11 is -1.84. The summed E-state index contributed by atoms with van der Waals surface area (Å²) in [4.78, 5) is 4.81. The van der Waals surface area contributed by atoms with Gasteiger partial charge in [0.25, 0.3) is 0 Å². The van der Waals surface area contributed by atoms with E-state index in [4.69, 9.17) is 4.98 Å². The zero-order valence-corrected chi connectivity index (χ0v) is 19.2. The minimum absolute atomic E-state index is 1.04. The van der Waals surface area contributed by atoms with E-state index in [0.29, 0.717) is 0 Å². The van der Waals surface area contributed by atoms with Crippen LogP contribution in [0.5, 0.6) is 0 Å². The second-order valence-corrected chi connectivity index (χ2v) is 19.3. The molecular formula is C26H24GeN2. The van der Waals surface area contributed by atoms with Gasteiger partial charge >= 0.3 is 168 Å². The number of pyridine rings is 1. The second-order valence-electron chi connectivity index (χ2n) is 8.60. The molecule has 0 saturated heterocycles. The van der Waals surface area contributed by atoms with Gasteiger partial charge in [0.2, 0.25) is 0 Å². The number of benzene rings is 3. The van der Waals surface area contributed by atoms with Crippen molar-refractivity contribution in [2.75, 3.05) is 0 Å². The van der Waals surface area contributed by atoms with Crippen LogP contribution >= 0.6 is 0 Å². The first-order valence-electron chi connectivity index (χ1n) is 10.1. The number of rotatable bonds is 3. The molecule has 0 unspecified atom stereocenters. The average molecular weight is 437 g/mol. The van der Waals surface area contributed by atoms with Gasteiger partial charge in [-0.1, -0.05) is 6.07 Å². The molecule has 0 aliphatic carbocycles. The Morgan fingerprint density at radius 3 is 2.14 bits per heavy atom. The van der Waals surface area contributed by atoms with Crippen LogP contribution in [0.25, 0.3) is 38.8 Å². The van der Waals surface area contributed by atoms with E-state index in [2.05, 4.69) is 113 Å². The molecule has 0 atom stereocenters. The van der Waals surface area contributed by atoms with E-state index in [1.807, 2.05) is 0 Å². The first-order chi connectivity index (χ1) is 14.0. The Morgan fingerprint density at radius 1 is 0.690 bits per heavy atom.